The Morgan fingerprint density at radius 2 is 2.00 bits per heavy atom. The van der Waals surface area contributed by atoms with Crippen molar-refractivity contribution in [3.8, 4) is 5.75 Å². The first kappa shape index (κ1) is 15.4. The molecule has 0 amide bonds. The van der Waals surface area contributed by atoms with Crippen LogP contribution in [0, 0.1) is 0 Å². The minimum atomic E-state index is -0.0956. The van der Waals surface area contributed by atoms with Crippen LogP contribution in [-0.2, 0) is 5.41 Å². The molecule has 0 bridgehead atoms. The molecular weight excluding hydrogens is 246 g/mol. The van der Waals surface area contributed by atoms with Gasteiger partial charge >= 0.3 is 0 Å². The molecule has 1 aliphatic heterocycles. The fourth-order valence-corrected chi connectivity index (χ4v) is 2.91. The normalized spacial score (nSPS) is 21.2. The van der Waals surface area contributed by atoms with E-state index in [1.807, 2.05) is 0 Å². The van der Waals surface area contributed by atoms with Crippen molar-refractivity contribution in [1.82, 2.24) is 5.32 Å². The average Bonchev–Trinajstić information content (AvgIpc) is 2.37. The molecule has 0 saturated heterocycles. The first-order valence-corrected chi connectivity index (χ1v) is 7.86. The van der Waals surface area contributed by atoms with Gasteiger partial charge in [0.15, 0.2) is 0 Å². The summed E-state index contributed by atoms with van der Waals surface area (Å²) < 4.78 is 6.16. The molecular formula is C18H29NO. The van der Waals surface area contributed by atoms with Crippen molar-refractivity contribution < 1.29 is 4.74 Å². The summed E-state index contributed by atoms with van der Waals surface area (Å²) in [6.45, 7) is 14.4. The van der Waals surface area contributed by atoms with Crippen LogP contribution >= 0.6 is 0 Å². The van der Waals surface area contributed by atoms with E-state index in [0.717, 1.165) is 25.1 Å². The third-order valence-electron chi connectivity index (χ3n) is 4.58. The van der Waals surface area contributed by atoms with Gasteiger partial charge in [0.25, 0.3) is 0 Å². The predicted molar refractivity (Wildman–Crippen MR) is 85.5 cm³/mol. The predicted octanol–water partition coefficient (Wildman–Crippen LogP) is 4.59. The smallest absolute Gasteiger partial charge is 0.124 e. The lowest BCUT2D eigenvalue weighted by Gasteiger charge is -2.39. The van der Waals surface area contributed by atoms with Crippen molar-refractivity contribution >= 4 is 0 Å². The lowest BCUT2D eigenvalue weighted by molar-refractivity contribution is 0.0663. The number of rotatable bonds is 4. The van der Waals surface area contributed by atoms with Crippen LogP contribution < -0.4 is 10.1 Å². The van der Waals surface area contributed by atoms with Crippen molar-refractivity contribution in [2.45, 2.75) is 71.4 Å². The highest BCUT2D eigenvalue weighted by molar-refractivity contribution is 5.43. The number of hydrogen-bond donors (Lipinski definition) is 1. The standard InChI is InChI=1S/C18H29NO/c1-7-17(3,4)13-9-10-16-14(11-13)15(19-8-2)12-18(5,6)20-16/h9-11,15,19H,7-8,12H2,1-6H3. The summed E-state index contributed by atoms with van der Waals surface area (Å²) in [6, 6.07) is 7.13. The molecule has 1 unspecified atom stereocenters. The SMILES string of the molecule is CCNC1CC(C)(C)Oc2ccc(C(C)(C)CC)cc21. The van der Waals surface area contributed by atoms with Gasteiger partial charge in [0, 0.05) is 18.0 Å². The topological polar surface area (TPSA) is 21.3 Å². The summed E-state index contributed by atoms with van der Waals surface area (Å²) in [7, 11) is 0. The zero-order chi connectivity index (χ0) is 15.0. The van der Waals surface area contributed by atoms with Crippen LogP contribution in [0.3, 0.4) is 0 Å². The van der Waals surface area contributed by atoms with E-state index in [0.29, 0.717) is 6.04 Å². The largest absolute Gasteiger partial charge is 0.487 e. The van der Waals surface area contributed by atoms with E-state index in [1.54, 1.807) is 0 Å². The molecule has 1 heterocycles. The molecule has 1 aromatic carbocycles. The van der Waals surface area contributed by atoms with Crippen molar-refractivity contribution in [1.29, 1.82) is 0 Å². The van der Waals surface area contributed by atoms with Crippen molar-refractivity contribution in [2.75, 3.05) is 6.54 Å². The van der Waals surface area contributed by atoms with E-state index in [2.05, 4.69) is 65.1 Å². The fourth-order valence-electron chi connectivity index (χ4n) is 2.91. The van der Waals surface area contributed by atoms with E-state index >= 15 is 0 Å². The van der Waals surface area contributed by atoms with Crippen LogP contribution in [0.5, 0.6) is 5.75 Å². The van der Waals surface area contributed by atoms with Crippen molar-refractivity contribution in [3.63, 3.8) is 0 Å². The molecule has 0 aliphatic carbocycles. The third kappa shape index (κ3) is 3.01. The molecule has 0 aromatic heterocycles. The Hall–Kier alpha value is -1.02. The third-order valence-corrected chi connectivity index (χ3v) is 4.58. The fraction of sp³-hybridized carbons (Fsp3) is 0.667. The van der Waals surface area contributed by atoms with Crippen LogP contribution in [0.15, 0.2) is 18.2 Å². The molecule has 1 aromatic rings. The highest BCUT2D eigenvalue weighted by Crippen LogP contribution is 2.41. The second-order valence-corrected chi connectivity index (χ2v) is 7.17. The lowest BCUT2D eigenvalue weighted by atomic mass is 9.79. The van der Waals surface area contributed by atoms with Gasteiger partial charge in [-0.1, -0.05) is 33.8 Å². The van der Waals surface area contributed by atoms with Gasteiger partial charge in [0.1, 0.15) is 11.4 Å². The first-order chi connectivity index (χ1) is 9.29. The van der Waals surface area contributed by atoms with Gasteiger partial charge < -0.3 is 10.1 Å². The Kier molecular flexibility index (Phi) is 4.15. The molecule has 0 saturated carbocycles. The minimum Gasteiger partial charge on any atom is -0.487 e. The van der Waals surface area contributed by atoms with Crippen LogP contribution in [0.1, 0.15) is 71.6 Å². The molecule has 1 atom stereocenters. The summed E-state index contributed by atoms with van der Waals surface area (Å²) in [5, 5.41) is 3.61. The highest BCUT2D eigenvalue weighted by Gasteiger charge is 2.34. The summed E-state index contributed by atoms with van der Waals surface area (Å²) in [5.41, 5.74) is 2.86. The van der Waals surface area contributed by atoms with Crippen molar-refractivity contribution in [3.05, 3.63) is 29.3 Å². The summed E-state index contributed by atoms with van der Waals surface area (Å²) in [4.78, 5) is 0. The molecule has 1 N–H and O–H groups in total. The molecule has 0 fully saturated rings. The van der Waals surface area contributed by atoms with E-state index in [1.165, 1.54) is 11.1 Å². The van der Waals surface area contributed by atoms with E-state index in [-0.39, 0.29) is 11.0 Å². The van der Waals surface area contributed by atoms with Crippen LogP contribution in [0.25, 0.3) is 0 Å². The second kappa shape index (κ2) is 5.40. The Bertz CT molecular complexity index is 476. The van der Waals surface area contributed by atoms with Gasteiger partial charge in [-0.3, -0.25) is 0 Å². The zero-order valence-corrected chi connectivity index (χ0v) is 13.8. The molecule has 1 aliphatic rings. The Balaban J connectivity index is 2.43. The maximum atomic E-state index is 6.16. The van der Waals surface area contributed by atoms with Gasteiger partial charge in [0.05, 0.1) is 0 Å². The number of benzene rings is 1. The van der Waals surface area contributed by atoms with Crippen LogP contribution in [0.2, 0.25) is 0 Å². The highest BCUT2D eigenvalue weighted by atomic mass is 16.5. The van der Waals surface area contributed by atoms with E-state index in [4.69, 9.17) is 4.74 Å². The maximum absolute atomic E-state index is 6.16. The summed E-state index contributed by atoms with van der Waals surface area (Å²) in [6.07, 6.45) is 2.16. The number of nitrogens with one attached hydrogen (secondary N) is 1. The quantitative estimate of drug-likeness (QED) is 0.868. The lowest BCUT2D eigenvalue weighted by Crippen LogP contribution is -2.39. The molecule has 2 rings (SSSR count). The van der Waals surface area contributed by atoms with Crippen LogP contribution in [0.4, 0.5) is 0 Å². The molecule has 2 heteroatoms. The number of ether oxygens (including phenoxy) is 1. The van der Waals surface area contributed by atoms with Gasteiger partial charge in [-0.2, -0.15) is 0 Å². The molecule has 0 spiro atoms. The Morgan fingerprint density at radius 3 is 2.60 bits per heavy atom. The zero-order valence-electron chi connectivity index (χ0n) is 13.8. The maximum Gasteiger partial charge on any atom is 0.124 e. The van der Waals surface area contributed by atoms with E-state index < -0.39 is 0 Å². The molecule has 2 nitrogen and oxygen atoms in total. The van der Waals surface area contributed by atoms with E-state index in [9.17, 15) is 0 Å². The van der Waals surface area contributed by atoms with Gasteiger partial charge in [-0.25, -0.2) is 0 Å². The monoisotopic (exact) mass is 275 g/mol. The summed E-state index contributed by atoms with van der Waals surface area (Å²) >= 11 is 0. The average molecular weight is 275 g/mol. The van der Waals surface area contributed by atoms with Gasteiger partial charge in [0.2, 0.25) is 0 Å². The minimum absolute atomic E-state index is 0.0956. The molecule has 0 radical (unpaired) electrons. The second-order valence-electron chi connectivity index (χ2n) is 7.17. The molecule has 112 valence electrons. The Labute approximate surface area is 123 Å². The molecule has 20 heavy (non-hydrogen) atoms. The first-order valence-electron chi connectivity index (χ1n) is 7.86. The number of fused-ring (bicyclic) bond motifs is 1. The van der Waals surface area contributed by atoms with Gasteiger partial charge in [-0.05, 0) is 49.9 Å². The van der Waals surface area contributed by atoms with Crippen molar-refractivity contribution in [2.24, 2.45) is 0 Å². The summed E-state index contributed by atoms with van der Waals surface area (Å²) in [5.74, 6) is 1.04. The van der Waals surface area contributed by atoms with Crippen LogP contribution in [-0.4, -0.2) is 12.1 Å². The Morgan fingerprint density at radius 1 is 1.30 bits per heavy atom. The van der Waals surface area contributed by atoms with Gasteiger partial charge in [-0.15, -0.1) is 0 Å². The number of hydrogen-bond acceptors (Lipinski definition) is 2.